The highest BCUT2D eigenvalue weighted by Crippen LogP contribution is 2.42. The molecule has 0 aliphatic carbocycles. The first kappa shape index (κ1) is 42.2. The highest BCUT2D eigenvalue weighted by molar-refractivity contribution is 5.74. The second-order valence-corrected chi connectivity index (χ2v) is 13.3. The lowest BCUT2D eigenvalue weighted by Gasteiger charge is -2.30. The Bertz CT molecular complexity index is 1060. The molecule has 0 radical (unpaired) electrons. The minimum atomic E-state index is -1.66. The minimum absolute atomic E-state index is 0.194. The molecule has 0 aromatic heterocycles. The number of unbranched alkanes of at least 4 members (excludes halogenated alkanes) is 2. The number of fused-ring (bicyclic) bond motifs is 1. The summed E-state index contributed by atoms with van der Waals surface area (Å²) in [6, 6.07) is 0. The summed E-state index contributed by atoms with van der Waals surface area (Å²) < 4.78 is 11.0. The Morgan fingerprint density at radius 1 is 0.750 bits per heavy atom. The molecule has 2 rings (SSSR count). The number of esters is 1. The van der Waals surface area contributed by atoms with Gasteiger partial charge in [-0.25, -0.2) is 0 Å². The van der Waals surface area contributed by atoms with Gasteiger partial charge in [0.15, 0.2) is 0 Å². The maximum Gasteiger partial charge on any atom is 0.314 e. The third kappa shape index (κ3) is 13.7. The van der Waals surface area contributed by atoms with Crippen molar-refractivity contribution in [3.8, 4) is 0 Å². The van der Waals surface area contributed by atoms with Crippen molar-refractivity contribution in [1.82, 2.24) is 0 Å². The molecule has 0 aromatic carbocycles. The van der Waals surface area contributed by atoms with Crippen molar-refractivity contribution in [2.75, 3.05) is 0 Å². The summed E-state index contributed by atoms with van der Waals surface area (Å²) in [7, 11) is 0. The Labute approximate surface area is 283 Å². The van der Waals surface area contributed by atoms with E-state index in [0.29, 0.717) is 6.42 Å². The Morgan fingerprint density at radius 2 is 1.25 bits per heavy atom. The van der Waals surface area contributed by atoms with Crippen LogP contribution in [0.15, 0.2) is 48.6 Å². The molecule has 0 spiro atoms. The van der Waals surface area contributed by atoms with Gasteiger partial charge in [0, 0.05) is 12.8 Å². The average Bonchev–Trinajstić information content (AvgIpc) is 3.66. The van der Waals surface area contributed by atoms with Gasteiger partial charge in [-0.1, -0.05) is 74.8 Å². The Balaban J connectivity index is 2.22. The molecule has 1 fully saturated rings. The van der Waals surface area contributed by atoms with Gasteiger partial charge in [-0.15, -0.1) is 0 Å². The summed E-state index contributed by atoms with van der Waals surface area (Å²) in [5.74, 6) is -2.38. The van der Waals surface area contributed by atoms with Crippen LogP contribution in [0.2, 0.25) is 0 Å². The third-order valence-corrected chi connectivity index (χ3v) is 8.99. The van der Waals surface area contributed by atoms with Crippen LogP contribution in [-0.4, -0.2) is 136 Å². The first-order valence-corrected chi connectivity index (χ1v) is 17.0. The van der Waals surface area contributed by atoms with Gasteiger partial charge in [0.05, 0.1) is 42.7 Å². The zero-order valence-corrected chi connectivity index (χ0v) is 28.2. The Morgan fingerprint density at radius 3 is 1.81 bits per heavy atom. The van der Waals surface area contributed by atoms with Gasteiger partial charge in [-0.3, -0.25) is 4.79 Å². The first-order valence-electron chi connectivity index (χ1n) is 17.0. The van der Waals surface area contributed by atoms with Gasteiger partial charge >= 0.3 is 5.97 Å². The van der Waals surface area contributed by atoms with Crippen LogP contribution in [0.4, 0.5) is 0 Å². The van der Waals surface area contributed by atoms with Crippen molar-refractivity contribution in [1.29, 1.82) is 0 Å². The van der Waals surface area contributed by atoms with Crippen molar-refractivity contribution in [2.24, 2.45) is 5.92 Å². The van der Waals surface area contributed by atoms with E-state index < -0.39 is 97.2 Å². The number of hydrogen-bond donors (Lipinski definition) is 10. The van der Waals surface area contributed by atoms with Crippen LogP contribution in [0, 0.1) is 5.92 Å². The molecular weight excluding hydrogens is 628 g/mol. The molecule has 0 saturated carbocycles. The van der Waals surface area contributed by atoms with Gasteiger partial charge < -0.3 is 60.5 Å². The van der Waals surface area contributed by atoms with E-state index >= 15 is 0 Å². The monoisotopic (exact) mass is 686 g/mol. The van der Waals surface area contributed by atoms with E-state index in [1.54, 1.807) is 49.5 Å². The zero-order valence-electron chi connectivity index (χ0n) is 28.2. The van der Waals surface area contributed by atoms with Crippen molar-refractivity contribution in [3.05, 3.63) is 48.6 Å². The van der Waals surface area contributed by atoms with Gasteiger partial charge in [0.2, 0.25) is 0 Å². The van der Waals surface area contributed by atoms with Gasteiger partial charge in [-0.2, -0.15) is 0 Å². The summed E-state index contributed by atoms with van der Waals surface area (Å²) in [5, 5.41) is 106. The largest absolute Gasteiger partial charge is 0.459 e. The van der Waals surface area contributed by atoms with E-state index in [9.17, 15) is 55.9 Å². The average molecular weight is 687 g/mol. The molecule has 10 N–H and O–H groups in total. The fourth-order valence-corrected chi connectivity index (χ4v) is 5.87. The number of aliphatic hydroxyl groups excluding tert-OH is 10. The number of carbonyl (C=O) groups excluding carboxylic acids is 1. The molecule has 2 heterocycles. The van der Waals surface area contributed by atoms with Gasteiger partial charge in [-0.05, 0) is 39.5 Å². The predicted octanol–water partition coefficient (Wildman–Crippen LogP) is 0.0700. The lowest BCUT2D eigenvalue weighted by molar-refractivity contribution is -0.168. The van der Waals surface area contributed by atoms with Crippen LogP contribution in [-0.2, 0) is 14.3 Å². The highest BCUT2D eigenvalue weighted by atomic mass is 16.6. The number of ether oxygens (including phenoxy) is 2. The molecule has 0 bridgehead atoms. The van der Waals surface area contributed by atoms with E-state index in [2.05, 4.69) is 0 Å². The van der Waals surface area contributed by atoms with E-state index in [-0.39, 0.29) is 32.1 Å². The minimum Gasteiger partial charge on any atom is -0.459 e. The SMILES string of the molecule is CCCCCC(O)C1C(=O)OC(C)C(O)C=CC=CC=CC=CC2OC2(C)C(O)C(O)C(O)CC(O)CC(O)CC(O)CC(O)CC1O. The summed E-state index contributed by atoms with van der Waals surface area (Å²) in [4.78, 5) is 13.2. The Hall–Kier alpha value is -2.01. The number of epoxide rings is 1. The summed E-state index contributed by atoms with van der Waals surface area (Å²) in [6.07, 6.45) is -1.77. The fraction of sp³-hybridized carbons (Fsp3) is 0.743. The molecule has 48 heavy (non-hydrogen) atoms. The maximum absolute atomic E-state index is 13.2. The molecule has 0 aromatic rings. The lowest BCUT2D eigenvalue weighted by Crippen LogP contribution is -2.47. The molecular formula is C35H58O13. The highest BCUT2D eigenvalue weighted by Gasteiger charge is 2.58. The Kier molecular flexibility index (Phi) is 18.1. The molecule has 2 aliphatic rings. The summed E-state index contributed by atoms with van der Waals surface area (Å²) in [5.41, 5.74) is -1.17. The van der Waals surface area contributed by atoms with Crippen LogP contribution in [0.3, 0.4) is 0 Å². The van der Waals surface area contributed by atoms with Gasteiger partial charge in [0.25, 0.3) is 0 Å². The second kappa shape index (κ2) is 20.6. The molecule has 14 atom stereocenters. The van der Waals surface area contributed by atoms with Crippen LogP contribution >= 0.6 is 0 Å². The number of hydrogen-bond acceptors (Lipinski definition) is 13. The molecule has 0 amide bonds. The van der Waals surface area contributed by atoms with E-state index in [1.165, 1.54) is 13.0 Å². The fourth-order valence-electron chi connectivity index (χ4n) is 5.87. The summed E-state index contributed by atoms with van der Waals surface area (Å²) >= 11 is 0. The maximum atomic E-state index is 13.2. The number of cyclic esters (lactones) is 1. The topological polar surface area (TPSA) is 241 Å². The van der Waals surface area contributed by atoms with Crippen molar-refractivity contribution < 1.29 is 65.3 Å². The van der Waals surface area contributed by atoms with Crippen LogP contribution in [0.5, 0.6) is 0 Å². The van der Waals surface area contributed by atoms with Crippen LogP contribution in [0.25, 0.3) is 0 Å². The number of allylic oxidation sites excluding steroid dienone is 6. The van der Waals surface area contributed by atoms with Crippen molar-refractivity contribution in [2.45, 2.75) is 157 Å². The van der Waals surface area contributed by atoms with Crippen LogP contribution < -0.4 is 0 Å². The number of rotatable bonds is 5. The predicted molar refractivity (Wildman–Crippen MR) is 176 cm³/mol. The molecule has 13 nitrogen and oxygen atoms in total. The van der Waals surface area contributed by atoms with E-state index in [0.717, 1.165) is 12.8 Å². The molecule has 1 saturated heterocycles. The second-order valence-electron chi connectivity index (χ2n) is 13.3. The number of carbonyl (C=O) groups is 1. The first-order chi connectivity index (χ1) is 22.6. The molecule has 276 valence electrons. The molecule has 14 unspecified atom stereocenters. The summed E-state index contributed by atoms with van der Waals surface area (Å²) in [6.45, 7) is 5.01. The molecule has 2 aliphatic heterocycles. The van der Waals surface area contributed by atoms with Gasteiger partial charge in [0.1, 0.15) is 42.0 Å². The lowest BCUT2D eigenvalue weighted by atomic mass is 9.87. The van der Waals surface area contributed by atoms with Crippen LogP contribution in [0.1, 0.15) is 78.6 Å². The van der Waals surface area contributed by atoms with Crippen molar-refractivity contribution >= 4 is 5.97 Å². The number of aliphatic hydroxyl groups is 10. The van der Waals surface area contributed by atoms with E-state index in [1.807, 2.05) is 6.92 Å². The standard InChI is InChI=1S/C35H58O13/c1-4-5-10-14-27(41)31-28(42)19-24(38)17-22(36)16-23(37)18-25(39)20-29(43)32(44)33(45)35(3)30(48-35)15-12-9-7-6-8-11-13-26(40)21(2)47-34(31)46/h6-9,11-13,15,21-33,36-45H,4-5,10,14,16-20H2,1-3H3. The zero-order chi connectivity index (χ0) is 36.0. The normalized spacial score (nSPS) is 40.7. The van der Waals surface area contributed by atoms with Crippen molar-refractivity contribution in [3.63, 3.8) is 0 Å². The third-order valence-electron chi connectivity index (χ3n) is 8.99. The smallest absolute Gasteiger partial charge is 0.314 e. The van der Waals surface area contributed by atoms with E-state index in [4.69, 9.17) is 9.47 Å². The molecule has 13 heteroatoms. The quantitative estimate of drug-likeness (QED) is 0.105.